The second-order valence-electron chi connectivity index (χ2n) is 7.77. The van der Waals surface area contributed by atoms with Crippen LogP contribution in [0.25, 0.3) is 11.3 Å². The summed E-state index contributed by atoms with van der Waals surface area (Å²) in [5.41, 5.74) is 12.2. The molecule has 2 aromatic carbocycles. The number of rotatable bonds is 9. The van der Waals surface area contributed by atoms with Gasteiger partial charge in [-0.05, 0) is 42.7 Å². The van der Waals surface area contributed by atoms with E-state index in [1.165, 1.54) is 6.21 Å². The molecule has 0 bridgehead atoms. The predicted molar refractivity (Wildman–Crippen MR) is 134 cm³/mol. The fourth-order valence-corrected chi connectivity index (χ4v) is 3.97. The standard InChI is InChI=1S/C24H31N7O2/c1-16(26)24-21-7-6-17(18(14-25)15-28-2)12-22(21)23(8-10-31(24)27)30-19-4-3-5-20(13-19)33-11-9-29-32/h3-7,12-15,23,25,28,30H,8-11,26-27H2,1-2H3/b18-15+,24-16-,25-14?. The molecule has 9 heteroatoms. The number of fused-ring (bicyclic) bond motifs is 1. The van der Waals surface area contributed by atoms with Crippen LogP contribution in [0.1, 0.15) is 36.1 Å². The quantitative estimate of drug-likeness (QED) is 0.171. The van der Waals surface area contributed by atoms with Gasteiger partial charge in [0, 0.05) is 54.6 Å². The molecular formula is C24H31N7O2. The van der Waals surface area contributed by atoms with E-state index in [4.69, 9.17) is 21.7 Å². The summed E-state index contributed by atoms with van der Waals surface area (Å²) >= 11 is 0. The van der Waals surface area contributed by atoms with Gasteiger partial charge in [0.1, 0.15) is 18.9 Å². The molecule has 0 radical (unpaired) electrons. The molecule has 0 fully saturated rings. The normalized spacial score (nSPS) is 17.5. The van der Waals surface area contributed by atoms with Crippen LogP contribution in [0, 0.1) is 10.3 Å². The molecule has 1 heterocycles. The van der Waals surface area contributed by atoms with E-state index in [0.717, 1.165) is 40.1 Å². The van der Waals surface area contributed by atoms with Crippen molar-refractivity contribution >= 4 is 23.2 Å². The van der Waals surface area contributed by atoms with Gasteiger partial charge in [-0.3, -0.25) is 0 Å². The van der Waals surface area contributed by atoms with Crippen molar-refractivity contribution in [2.75, 3.05) is 32.1 Å². The summed E-state index contributed by atoms with van der Waals surface area (Å²) in [6.45, 7) is 2.79. The highest BCUT2D eigenvalue weighted by molar-refractivity contribution is 6.08. The van der Waals surface area contributed by atoms with Crippen LogP contribution in [-0.4, -0.2) is 38.0 Å². The zero-order valence-electron chi connectivity index (χ0n) is 19.0. The first kappa shape index (κ1) is 23.8. The molecule has 0 saturated carbocycles. The molecule has 174 valence electrons. The molecule has 9 nitrogen and oxygen atoms in total. The molecule has 0 amide bonds. The Hall–Kier alpha value is -3.85. The summed E-state index contributed by atoms with van der Waals surface area (Å²) in [7, 11) is 1.81. The Kier molecular flexibility index (Phi) is 8.04. The number of nitrogens with zero attached hydrogens (tertiary/aromatic N) is 2. The molecule has 0 saturated heterocycles. The lowest BCUT2D eigenvalue weighted by molar-refractivity contribution is 0.328. The Morgan fingerprint density at radius 1 is 1.33 bits per heavy atom. The minimum Gasteiger partial charge on any atom is -0.491 e. The van der Waals surface area contributed by atoms with Gasteiger partial charge in [-0.15, -0.1) is 0 Å². The first-order chi connectivity index (χ1) is 16.0. The topological polar surface area (TPSA) is 142 Å². The smallest absolute Gasteiger partial charge is 0.121 e. The first-order valence-corrected chi connectivity index (χ1v) is 10.8. The van der Waals surface area contributed by atoms with E-state index >= 15 is 0 Å². The number of anilines is 1. The Bertz CT molecular complexity index is 1060. The Balaban J connectivity index is 2.03. The van der Waals surface area contributed by atoms with Crippen molar-refractivity contribution in [3.63, 3.8) is 0 Å². The number of benzene rings is 2. The van der Waals surface area contributed by atoms with Gasteiger partial charge in [-0.1, -0.05) is 23.4 Å². The van der Waals surface area contributed by atoms with Crippen LogP contribution in [-0.2, 0) is 0 Å². The van der Waals surface area contributed by atoms with Crippen LogP contribution in [0.2, 0.25) is 0 Å². The molecule has 0 aromatic heterocycles. The molecule has 0 aliphatic carbocycles. The second-order valence-corrected chi connectivity index (χ2v) is 7.77. The maximum Gasteiger partial charge on any atom is 0.121 e. The zero-order valence-corrected chi connectivity index (χ0v) is 19.0. The van der Waals surface area contributed by atoms with Crippen molar-refractivity contribution in [1.29, 1.82) is 5.41 Å². The van der Waals surface area contributed by atoms with Crippen LogP contribution >= 0.6 is 0 Å². The molecule has 7 N–H and O–H groups in total. The highest BCUT2D eigenvalue weighted by atomic mass is 16.5. The van der Waals surface area contributed by atoms with Gasteiger partial charge >= 0.3 is 0 Å². The van der Waals surface area contributed by atoms with E-state index in [0.29, 0.717) is 18.0 Å². The molecule has 1 atom stereocenters. The number of hydrazine groups is 1. The predicted octanol–water partition coefficient (Wildman–Crippen LogP) is 3.42. The minimum atomic E-state index is -0.0590. The number of hydrogen-bond donors (Lipinski definition) is 5. The first-order valence-electron chi connectivity index (χ1n) is 10.8. The summed E-state index contributed by atoms with van der Waals surface area (Å²) in [6, 6.07) is 13.6. The summed E-state index contributed by atoms with van der Waals surface area (Å²) in [6.07, 6.45) is 3.86. The number of hydrogen-bond acceptors (Lipinski definition) is 9. The fraction of sp³-hybridized carbons (Fsp3) is 0.292. The highest BCUT2D eigenvalue weighted by Gasteiger charge is 2.26. The molecule has 0 spiro atoms. The Labute approximate surface area is 193 Å². The van der Waals surface area contributed by atoms with Crippen molar-refractivity contribution in [3.05, 3.63) is 76.0 Å². The molecule has 33 heavy (non-hydrogen) atoms. The molecular weight excluding hydrogens is 418 g/mol. The van der Waals surface area contributed by atoms with Crippen LogP contribution in [0.3, 0.4) is 0 Å². The van der Waals surface area contributed by atoms with Crippen molar-refractivity contribution in [3.8, 4) is 5.75 Å². The van der Waals surface area contributed by atoms with E-state index in [1.54, 1.807) is 11.2 Å². The third kappa shape index (κ3) is 5.69. The van der Waals surface area contributed by atoms with Crippen LogP contribution in [0.5, 0.6) is 5.75 Å². The monoisotopic (exact) mass is 449 g/mol. The van der Waals surface area contributed by atoms with E-state index in [2.05, 4.69) is 21.9 Å². The van der Waals surface area contributed by atoms with Gasteiger partial charge in [0.25, 0.3) is 0 Å². The number of nitroso groups, excluding NO2 is 1. The van der Waals surface area contributed by atoms with Gasteiger partial charge in [-0.2, -0.15) is 4.91 Å². The van der Waals surface area contributed by atoms with Gasteiger partial charge in [0.2, 0.25) is 0 Å². The third-order valence-corrected chi connectivity index (χ3v) is 5.42. The third-order valence-electron chi connectivity index (χ3n) is 5.42. The molecule has 3 rings (SSSR count). The average Bonchev–Trinajstić information content (AvgIpc) is 2.94. The molecule has 1 aliphatic rings. The van der Waals surface area contributed by atoms with Crippen LogP contribution in [0.4, 0.5) is 5.69 Å². The Morgan fingerprint density at radius 2 is 2.15 bits per heavy atom. The summed E-state index contributed by atoms with van der Waals surface area (Å²) in [5.74, 6) is 7.03. The fourth-order valence-electron chi connectivity index (χ4n) is 3.97. The lowest BCUT2D eigenvalue weighted by Gasteiger charge is -2.22. The van der Waals surface area contributed by atoms with Gasteiger partial charge in [0.15, 0.2) is 0 Å². The molecule has 2 aromatic rings. The lowest BCUT2D eigenvalue weighted by atomic mass is 9.92. The number of nitrogens with one attached hydrogen (secondary N) is 3. The minimum absolute atomic E-state index is 0.0590. The summed E-state index contributed by atoms with van der Waals surface area (Å²) in [4.78, 5) is 10.3. The van der Waals surface area contributed by atoms with Gasteiger partial charge < -0.3 is 31.5 Å². The number of nitrogens with two attached hydrogens (primary N) is 2. The molecule has 1 aliphatic heterocycles. The average molecular weight is 450 g/mol. The van der Waals surface area contributed by atoms with Crippen molar-refractivity contribution in [2.24, 2.45) is 16.8 Å². The van der Waals surface area contributed by atoms with Crippen molar-refractivity contribution < 1.29 is 4.74 Å². The zero-order chi connectivity index (χ0) is 23.8. The van der Waals surface area contributed by atoms with Gasteiger partial charge in [-0.25, -0.2) is 5.84 Å². The van der Waals surface area contributed by atoms with Crippen LogP contribution < -0.4 is 26.9 Å². The van der Waals surface area contributed by atoms with Crippen molar-refractivity contribution in [2.45, 2.75) is 19.4 Å². The van der Waals surface area contributed by atoms with E-state index < -0.39 is 0 Å². The Morgan fingerprint density at radius 3 is 2.85 bits per heavy atom. The van der Waals surface area contributed by atoms with Gasteiger partial charge in [0.05, 0.1) is 11.7 Å². The number of ether oxygens (including phenoxy) is 1. The SMILES string of the molecule is CN/C=C(\C=N)c1ccc2c(c1)C(Nc1cccc(OCCN=O)c1)CCN(N)/C2=C(/C)N. The van der Waals surface area contributed by atoms with E-state index in [1.807, 2.05) is 50.4 Å². The lowest BCUT2D eigenvalue weighted by Crippen LogP contribution is -2.31. The molecule has 1 unspecified atom stereocenters. The largest absolute Gasteiger partial charge is 0.491 e. The maximum absolute atomic E-state index is 10.3. The highest BCUT2D eigenvalue weighted by Crippen LogP contribution is 2.36. The summed E-state index contributed by atoms with van der Waals surface area (Å²) in [5, 5.41) is 18.9. The second kappa shape index (κ2) is 11.1. The van der Waals surface area contributed by atoms with E-state index in [9.17, 15) is 4.91 Å². The maximum atomic E-state index is 10.3. The summed E-state index contributed by atoms with van der Waals surface area (Å²) < 4.78 is 5.60. The van der Waals surface area contributed by atoms with E-state index in [-0.39, 0.29) is 19.2 Å². The van der Waals surface area contributed by atoms with Crippen molar-refractivity contribution in [1.82, 2.24) is 10.3 Å². The van der Waals surface area contributed by atoms with Crippen LogP contribution in [0.15, 0.2) is 59.5 Å². The number of allylic oxidation sites excluding steroid dienone is 2.